The summed E-state index contributed by atoms with van der Waals surface area (Å²) < 4.78 is 1.66. The highest BCUT2D eigenvalue weighted by Gasteiger charge is 2.08. The highest BCUT2D eigenvalue weighted by atomic mass is 15.3. The molecule has 17 heavy (non-hydrogen) atoms. The average molecular weight is 221 g/mol. The fourth-order valence-electron chi connectivity index (χ4n) is 1.74. The molecule has 0 fully saturated rings. The van der Waals surface area contributed by atoms with Gasteiger partial charge in [-0.2, -0.15) is 10.4 Å². The van der Waals surface area contributed by atoms with E-state index in [2.05, 4.69) is 21.1 Å². The van der Waals surface area contributed by atoms with E-state index in [9.17, 15) is 0 Å². The van der Waals surface area contributed by atoms with Gasteiger partial charge in [-0.3, -0.25) is 4.98 Å². The molecule has 5 heteroatoms. The summed E-state index contributed by atoms with van der Waals surface area (Å²) in [5.74, 6) is 0. The minimum atomic E-state index is 0.514. The maximum absolute atomic E-state index is 8.97. The molecule has 3 rings (SSSR count). The fraction of sp³-hybridized carbons (Fsp3) is 0. The van der Waals surface area contributed by atoms with Gasteiger partial charge in [0, 0.05) is 18.0 Å². The lowest BCUT2D eigenvalue weighted by atomic mass is 10.1. The minimum Gasteiger partial charge on any atom is -0.265 e. The van der Waals surface area contributed by atoms with Gasteiger partial charge in [-0.1, -0.05) is 0 Å². The molecule has 5 nitrogen and oxygen atoms in total. The molecule has 0 saturated carbocycles. The molecule has 3 heterocycles. The first-order valence-electron chi connectivity index (χ1n) is 5.03. The van der Waals surface area contributed by atoms with E-state index in [0.717, 1.165) is 11.3 Å². The number of hydrogen-bond acceptors (Lipinski definition) is 4. The Kier molecular flexibility index (Phi) is 2.06. The van der Waals surface area contributed by atoms with E-state index in [1.807, 2.05) is 18.2 Å². The van der Waals surface area contributed by atoms with Crippen LogP contribution in [0.25, 0.3) is 16.9 Å². The second-order valence-corrected chi connectivity index (χ2v) is 3.48. The molecule has 0 aromatic carbocycles. The van der Waals surface area contributed by atoms with E-state index in [1.165, 1.54) is 6.33 Å². The molecule has 0 amide bonds. The molecule has 3 aromatic rings. The summed E-state index contributed by atoms with van der Waals surface area (Å²) in [6, 6.07) is 9.49. The van der Waals surface area contributed by atoms with Crippen molar-refractivity contribution in [1.29, 1.82) is 5.26 Å². The smallest absolute Gasteiger partial charge is 0.173 e. The van der Waals surface area contributed by atoms with Gasteiger partial charge in [0.15, 0.2) is 5.65 Å². The van der Waals surface area contributed by atoms with Gasteiger partial charge in [-0.05, 0) is 24.3 Å². The van der Waals surface area contributed by atoms with Crippen molar-refractivity contribution in [1.82, 2.24) is 19.6 Å². The third kappa shape index (κ3) is 1.43. The summed E-state index contributed by atoms with van der Waals surface area (Å²) in [5.41, 5.74) is 2.96. The van der Waals surface area contributed by atoms with Crippen molar-refractivity contribution < 1.29 is 0 Å². The third-order valence-corrected chi connectivity index (χ3v) is 2.52. The maximum Gasteiger partial charge on any atom is 0.173 e. The summed E-state index contributed by atoms with van der Waals surface area (Å²) in [4.78, 5) is 8.06. The van der Waals surface area contributed by atoms with E-state index in [1.54, 1.807) is 23.0 Å². The zero-order chi connectivity index (χ0) is 11.7. The highest BCUT2D eigenvalue weighted by molar-refractivity contribution is 5.66. The number of fused-ring (bicyclic) bond motifs is 1. The number of hydrogen-bond donors (Lipinski definition) is 0. The lowest BCUT2D eigenvalue weighted by Gasteiger charge is -2.04. The topological polar surface area (TPSA) is 66.9 Å². The van der Waals surface area contributed by atoms with Crippen LogP contribution in [0.2, 0.25) is 0 Å². The Morgan fingerprint density at radius 2 is 1.94 bits per heavy atom. The molecule has 0 saturated heterocycles. The Morgan fingerprint density at radius 3 is 2.71 bits per heavy atom. The number of nitrogens with zero attached hydrogens (tertiary/aromatic N) is 5. The number of pyridine rings is 2. The van der Waals surface area contributed by atoms with Crippen LogP contribution in [0, 0.1) is 11.3 Å². The Labute approximate surface area is 97.0 Å². The monoisotopic (exact) mass is 221 g/mol. The Hall–Kier alpha value is -2.74. The van der Waals surface area contributed by atoms with E-state index >= 15 is 0 Å². The van der Waals surface area contributed by atoms with Crippen LogP contribution in [0.15, 0.2) is 43.0 Å². The second kappa shape index (κ2) is 3.68. The lowest BCUT2D eigenvalue weighted by Crippen LogP contribution is -1.96. The van der Waals surface area contributed by atoms with Crippen molar-refractivity contribution in [3.63, 3.8) is 0 Å². The van der Waals surface area contributed by atoms with Crippen molar-refractivity contribution in [3.8, 4) is 17.3 Å². The molecular weight excluding hydrogens is 214 g/mol. The summed E-state index contributed by atoms with van der Waals surface area (Å²) in [7, 11) is 0. The first-order chi connectivity index (χ1) is 8.40. The summed E-state index contributed by atoms with van der Waals surface area (Å²) in [6.07, 6.45) is 4.88. The third-order valence-electron chi connectivity index (χ3n) is 2.52. The largest absolute Gasteiger partial charge is 0.265 e. The van der Waals surface area contributed by atoms with E-state index in [0.29, 0.717) is 11.2 Å². The first-order valence-corrected chi connectivity index (χ1v) is 5.03. The van der Waals surface area contributed by atoms with Crippen LogP contribution in [0.1, 0.15) is 5.56 Å². The van der Waals surface area contributed by atoms with Crippen LogP contribution in [0.5, 0.6) is 0 Å². The van der Waals surface area contributed by atoms with Crippen LogP contribution >= 0.6 is 0 Å². The predicted octanol–water partition coefficient (Wildman–Crippen LogP) is 1.66. The fourth-order valence-corrected chi connectivity index (χ4v) is 1.74. The number of rotatable bonds is 1. The second-order valence-electron chi connectivity index (χ2n) is 3.48. The van der Waals surface area contributed by atoms with Crippen LogP contribution in [-0.2, 0) is 0 Å². The standard InChI is InChI=1S/C12H7N5/c13-7-10-1-2-11(9-3-5-14-6-4-9)17-12(10)15-8-16-17/h1-6,8H. The highest BCUT2D eigenvalue weighted by Crippen LogP contribution is 2.20. The predicted molar refractivity (Wildman–Crippen MR) is 60.9 cm³/mol. The molecule has 80 valence electrons. The van der Waals surface area contributed by atoms with Crippen molar-refractivity contribution in [2.24, 2.45) is 0 Å². The molecule has 0 aliphatic carbocycles. The molecular formula is C12H7N5. The molecule has 0 radical (unpaired) electrons. The normalized spacial score (nSPS) is 10.3. The van der Waals surface area contributed by atoms with E-state index in [-0.39, 0.29) is 0 Å². The molecule has 0 N–H and O–H groups in total. The zero-order valence-corrected chi connectivity index (χ0v) is 8.78. The van der Waals surface area contributed by atoms with Gasteiger partial charge in [-0.15, -0.1) is 0 Å². The van der Waals surface area contributed by atoms with Gasteiger partial charge >= 0.3 is 0 Å². The molecule has 0 unspecified atom stereocenters. The molecule has 0 aliphatic rings. The van der Waals surface area contributed by atoms with Crippen LogP contribution in [0.4, 0.5) is 0 Å². The quantitative estimate of drug-likeness (QED) is 0.626. The van der Waals surface area contributed by atoms with Gasteiger partial charge in [0.05, 0.1) is 11.3 Å². The maximum atomic E-state index is 8.97. The van der Waals surface area contributed by atoms with E-state index in [4.69, 9.17) is 5.26 Å². The lowest BCUT2D eigenvalue weighted by molar-refractivity contribution is 0.967. The zero-order valence-electron chi connectivity index (χ0n) is 8.78. The Balaban J connectivity index is 2.33. The van der Waals surface area contributed by atoms with Gasteiger partial charge < -0.3 is 0 Å². The molecule has 0 atom stereocenters. The first kappa shape index (κ1) is 9.48. The van der Waals surface area contributed by atoms with Crippen molar-refractivity contribution >= 4 is 5.65 Å². The Morgan fingerprint density at radius 1 is 1.12 bits per heavy atom. The van der Waals surface area contributed by atoms with Gasteiger partial charge in [-0.25, -0.2) is 9.50 Å². The van der Waals surface area contributed by atoms with Gasteiger partial charge in [0.25, 0.3) is 0 Å². The van der Waals surface area contributed by atoms with E-state index < -0.39 is 0 Å². The summed E-state index contributed by atoms with van der Waals surface area (Å²) in [5, 5.41) is 13.1. The van der Waals surface area contributed by atoms with Crippen molar-refractivity contribution in [2.75, 3.05) is 0 Å². The average Bonchev–Trinajstić information content (AvgIpc) is 2.88. The SMILES string of the molecule is N#Cc1ccc(-c2ccncc2)n2ncnc12. The molecule has 0 bridgehead atoms. The Bertz CT molecular complexity index is 709. The molecule has 0 spiro atoms. The number of nitriles is 1. The molecule has 0 aliphatic heterocycles. The van der Waals surface area contributed by atoms with Gasteiger partial charge in [0.1, 0.15) is 12.4 Å². The summed E-state index contributed by atoms with van der Waals surface area (Å²) in [6.45, 7) is 0. The van der Waals surface area contributed by atoms with Crippen molar-refractivity contribution in [3.05, 3.63) is 48.5 Å². The molecule has 3 aromatic heterocycles. The van der Waals surface area contributed by atoms with Crippen LogP contribution in [0.3, 0.4) is 0 Å². The number of aromatic nitrogens is 4. The van der Waals surface area contributed by atoms with Crippen molar-refractivity contribution in [2.45, 2.75) is 0 Å². The van der Waals surface area contributed by atoms with Gasteiger partial charge in [0.2, 0.25) is 0 Å². The van der Waals surface area contributed by atoms with Crippen LogP contribution < -0.4 is 0 Å². The minimum absolute atomic E-state index is 0.514. The van der Waals surface area contributed by atoms with Crippen LogP contribution in [-0.4, -0.2) is 19.6 Å². The summed E-state index contributed by atoms with van der Waals surface area (Å²) >= 11 is 0.